The number of hydrogen-bond donors (Lipinski definition) is 2. The standard InChI is InChI=1S/C12H10ClN5O/c13-8-3-1-2-7(4-8)6-19-11-9-5-15-18-10(9)16-12(14)17-11/h1-5H,6H2,(H3,14,15,16,17,18). The fourth-order valence-corrected chi connectivity index (χ4v) is 1.93. The van der Waals surface area contributed by atoms with Gasteiger partial charge in [0, 0.05) is 5.02 Å². The Morgan fingerprint density at radius 1 is 1.32 bits per heavy atom. The second kappa shape index (κ2) is 4.74. The lowest BCUT2D eigenvalue weighted by molar-refractivity contribution is 0.298. The summed E-state index contributed by atoms with van der Waals surface area (Å²) in [5.74, 6) is 0.536. The Morgan fingerprint density at radius 3 is 3.05 bits per heavy atom. The molecule has 0 unspecified atom stereocenters. The average molecular weight is 276 g/mol. The number of fused-ring (bicyclic) bond motifs is 1. The lowest BCUT2D eigenvalue weighted by atomic mass is 10.2. The second-order valence-corrected chi connectivity index (χ2v) is 4.37. The summed E-state index contributed by atoms with van der Waals surface area (Å²) >= 11 is 5.91. The predicted molar refractivity (Wildman–Crippen MR) is 71.9 cm³/mol. The molecule has 2 heterocycles. The summed E-state index contributed by atoms with van der Waals surface area (Å²) < 4.78 is 5.65. The van der Waals surface area contributed by atoms with Gasteiger partial charge in [0.15, 0.2) is 5.65 Å². The maximum absolute atomic E-state index is 5.91. The van der Waals surface area contributed by atoms with Crippen molar-refractivity contribution in [3.63, 3.8) is 0 Å². The molecule has 7 heteroatoms. The Kier molecular flexibility index (Phi) is 2.92. The Balaban J connectivity index is 1.87. The number of aromatic nitrogens is 4. The van der Waals surface area contributed by atoms with E-state index < -0.39 is 0 Å². The highest BCUT2D eigenvalue weighted by Crippen LogP contribution is 2.22. The van der Waals surface area contributed by atoms with Gasteiger partial charge in [0.1, 0.15) is 12.0 Å². The molecule has 0 saturated carbocycles. The zero-order valence-electron chi connectivity index (χ0n) is 9.80. The van der Waals surface area contributed by atoms with Crippen LogP contribution in [0.1, 0.15) is 5.56 Å². The van der Waals surface area contributed by atoms with E-state index in [1.54, 1.807) is 6.20 Å². The molecule has 3 rings (SSSR count). The Bertz CT molecular complexity index is 727. The van der Waals surface area contributed by atoms with Gasteiger partial charge in [0.2, 0.25) is 11.8 Å². The molecule has 96 valence electrons. The highest BCUT2D eigenvalue weighted by molar-refractivity contribution is 6.30. The molecule has 19 heavy (non-hydrogen) atoms. The third-order valence-electron chi connectivity index (χ3n) is 2.56. The molecule has 0 saturated heterocycles. The molecule has 0 amide bonds. The number of aromatic amines is 1. The maximum Gasteiger partial charge on any atom is 0.229 e. The van der Waals surface area contributed by atoms with Crippen molar-refractivity contribution in [2.45, 2.75) is 6.61 Å². The van der Waals surface area contributed by atoms with E-state index in [9.17, 15) is 0 Å². The van der Waals surface area contributed by atoms with Crippen LogP contribution < -0.4 is 10.5 Å². The number of nitrogens with two attached hydrogens (primary N) is 1. The van der Waals surface area contributed by atoms with Crippen molar-refractivity contribution in [2.75, 3.05) is 5.73 Å². The smallest absolute Gasteiger partial charge is 0.229 e. The van der Waals surface area contributed by atoms with Gasteiger partial charge in [0.25, 0.3) is 0 Å². The summed E-state index contributed by atoms with van der Waals surface area (Å²) in [6.45, 7) is 0.345. The largest absolute Gasteiger partial charge is 0.472 e. The molecule has 0 fully saturated rings. The van der Waals surface area contributed by atoms with Crippen LogP contribution in [0, 0.1) is 0 Å². The zero-order valence-corrected chi connectivity index (χ0v) is 10.6. The number of hydrogen-bond acceptors (Lipinski definition) is 5. The average Bonchev–Trinajstić information content (AvgIpc) is 2.84. The highest BCUT2D eigenvalue weighted by Gasteiger charge is 2.09. The first-order chi connectivity index (χ1) is 9.22. The van der Waals surface area contributed by atoms with E-state index in [0.29, 0.717) is 28.5 Å². The van der Waals surface area contributed by atoms with Gasteiger partial charge < -0.3 is 10.5 Å². The number of nitrogens with zero attached hydrogens (tertiary/aromatic N) is 3. The number of benzene rings is 1. The van der Waals surface area contributed by atoms with E-state index in [1.165, 1.54) is 0 Å². The third-order valence-corrected chi connectivity index (χ3v) is 2.79. The minimum absolute atomic E-state index is 0.137. The molecule has 3 N–H and O–H groups in total. The maximum atomic E-state index is 5.91. The molecule has 1 aromatic carbocycles. The van der Waals surface area contributed by atoms with Crippen LogP contribution in [0.15, 0.2) is 30.5 Å². The van der Waals surface area contributed by atoms with Crippen LogP contribution in [-0.2, 0) is 6.61 Å². The van der Waals surface area contributed by atoms with Crippen LogP contribution >= 0.6 is 11.6 Å². The van der Waals surface area contributed by atoms with Gasteiger partial charge in [-0.05, 0) is 17.7 Å². The summed E-state index contributed by atoms with van der Waals surface area (Å²) in [6, 6.07) is 7.42. The van der Waals surface area contributed by atoms with Crippen LogP contribution in [0.2, 0.25) is 5.02 Å². The molecule has 0 aliphatic rings. The second-order valence-electron chi connectivity index (χ2n) is 3.94. The van der Waals surface area contributed by atoms with E-state index in [1.807, 2.05) is 24.3 Å². The van der Waals surface area contributed by atoms with Gasteiger partial charge in [-0.2, -0.15) is 15.1 Å². The normalized spacial score (nSPS) is 10.8. The SMILES string of the molecule is Nc1nc(OCc2cccc(Cl)c2)c2cn[nH]c2n1. The molecular formula is C12H10ClN5O. The molecule has 0 spiro atoms. The summed E-state index contributed by atoms with van der Waals surface area (Å²) in [7, 11) is 0. The first-order valence-corrected chi connectivity index (χ1v) is 5.94. The molecule has 0 aliphatic carbocycles. The molecule has 0 aliphatic heterocycles. The molecule has 0 atom stereocenters. The summed E-state index contributed by atoms with van der Waals surface area (Å²) in [6.07, 6.45) is 1.60. The first kappa shape index (κ1) is 11.7. The Labute approximate surface area is 113 Å². The molecule has 3 aromatic rings. The van der Waals surface area contributed by atoms with Gasteiger partial charge in [0.05, 0.1) is 6.20 Å². The summed E-state index contributed by atoms with van der Waals surface area (Å²) in [5.41, 5.74) is 7.10. The molecule has 2 aromatic heterocycles. The number of nitrogens with one attached hydrogen (secondary N) is 1. The number of rotatable bonds is 3. The lowest BCUT2D eigenvalue weighted by Gasteiger charge is -2.06. The quantitative estimate of drug-likeness (QED) is 0.764. The number of nitrogen functional groups attached to an aromatic ring is 1. The van der Waals surface area contributed by atoms with E-state index in [0.717, 1.165) is 5.56 Å². The molecule has 0 radical (unpaired) electrons. The fourth-order valence-electron chi connectivity index (χ4n) is 1.71. The Hall–Kier alpha value is -2.34. The van der Waals surface area contributed by atoms with Gasteiger partial charge in [-0.25, -0.2) is 0 Å². The van der Waals surface area contributed by atoms with E-state index in [4.69, 9.17) is 22.1 Å². The van der Waals surface area contributed by atoms with Crippen molar-refractivity contribution in [1.29, 1.82) is 0 Å². The van der Waals surface area contributed by atoms with Crippen LogP contribution in [0.5, 0.6) is 5.88 Å². The van der Waals surface area contributed by atoms with Crippen LogP contribution in [-0.4, -0.2) is 20.2 Å². The van der Waals surface area contributed by atoms with Gasteiger partial charge in [-0.15, -0.1) is 0 Å². The van der Waals surface area contributed by atoms with Crippen molar-refractivity contribution in [3.8, 4) is 5.88 Å². The van der Waals surface area contributed by atoms with Crippen molar-refractivity contribution < 1.29 is 4.74 Å². The number of halogens is 1. The topological polar surface area (TPSA) is 89.7 Å². The molecular weight excluding hydrogens is 266 g/mol. The van der Waals surface area contributed by atoms with E-state index in [-0.39, 0.29) is 5.95 Å². The minimum Gasteiger partial charge on any atom is -0.472 e. The first-order valence-electron chi connectivity index (χ1n) is 5.56. The Morgan fingerprint density at radius 2 is 2.21 bits per heavy atom. The van der Waals surface area contributed by atoms with Crippen molar-refractivity contribution >= 4 is 28.6 Å². The lowest BCUT2D eigenvalue weighted by Crippen LogP contribution is -2.01. The van der Waals surface area contributed by atoms with Gasteiger partial charge in [-0.3, -0.25) is 5.10 Å². The van der Waals surface area contributed by atoms with Crippen molar-refractivity contribution in [3.05, 3.63) is 41.0 Å². The minimum atomic E-state index is 0.137. The number of ether oxygens (including phenoxy) is 1. The van der Waals surface area contributed by atoms with Crippen LogP contribution in [0.25, 0.3) is 11.0 Å². The fraction of sp³-hybridized carbons (Fsp3) is 0.0833. The van der Waals surface area contributed by atoms with Gasteiger partial charge in [-0.1, -0.05) is 23.7 Å². The van der Waals surface area contributed by atoms with Gasteiger partial charge >= 0.3 is 0 Å². The van der Waals surface area contributed by atoms with Crippen molar-refractivity contribution in [2.24, 2.45) is 0 Å². The molecule has 0 bridgehead atoms. The number of H-pyrrole nitrogens is 1. The summed E-state index contributed by atoms with van der Waals surface area (Å²) in [4.78, 5) is 8.08. The van der Waals surface area contributed by atoms with Crippen LogP contribution in [0.3, 0.4) is 0 Å². The van der Waals surface area contributed by atoms with E-state index >= 15 is 0 Å². The van der Waals surface area contributed by atoms with Crippen LogP contribution in [0.4, 0.5) is 5.95 Å². The van der Waals surface area contributed by atoms with E-state index in [2.05, 4.69) is 20.2 Å². The highest BCUT2D eigenvalue weighted by atomic mass is 35.5. The molecule has 6 nitrogen and oxygen atoms in total. The monoisotopic (exact) mass is 275 g/mol. The third kappa shape index (κ3) is 2.43. The summed E-state index contributed by atoms with van der Waals surface area (Å²) in [5, 5.41) is 7.97. The zero-order chi connectivity index (χ0) is 13.2. The predicted octanol–water partition coefficient (Wildman–Crippen LogP) is 2.17. The number of anilines is 1. The van der Waals surface area contributed by atoms with Crippen molar-refractivity contribution in [1.82, 2.24) is 20.2 Å².